The van der Waals surface area contributed by atoms with Gasteiger partial charge in [0, 0.05) is 11.6 Å². The first kappa shape index (κ1) is 21.3. The Bertz CT molecular complexity index is 916. The number of nitrogens with one attached hydrogen (secondary N) is 2. The van der Waals surface area contributed by atoms with E-state index < -0.39 is 11.9 Å². The molecule has 1 heterocycles. The molecule has 0 fully saturated rings. The number of halogens is 2. The van der Waals surface area contributed by atoms with E-state index in [-0.39, 0.29) is 50.4 Å². The molecule has 0 saturated heterocycles. The minimum absolute atomic E-state index is 0.0109. The van der Waals surface area contributed by atoms with Gasteiger partial charge in [0.05, 0.1) is 21.4 Å². The highest BCUT2D eigenvalue weighted by Crippen LogP contribution is 2.38. The summed E-state index contributed by atoms with van der Waals surface area (Å²) < 4.78 is 5.36. The number of hydrogen-bond acceptors (Lipinski definition) is 6. The summed E-state index contributed by atoms with van der Waals surface area (Å²) in [7, 11) is 0. The van der Waals surface area contributed by atoms with E-state index in [2.05, 4.69) is 17.0 Å². The predicted molar refractivity (Wildman–Crippen MR) is 109 cm³/mol. The number of urea groups is 1. The molecule has 1 aliphatic heterocycles. The molecular formula is C17H18Cl2N6O3. The number of amides is 3. The molecule has 1 aromatic carbocycles. The summed E-state index contributed by atoms with van der Waals surface area (Å²) >= 11 is 12.4. The molecule has 1 aliphatic rings. The minimum atomic E-state index is -0.663. The fraction of sp³-hybridized carbons (Fsp3) is 0.176. The predicted octanol–water partition coefficient (Wildman–Crippen LogP) is 2.73. The van der Waals surface area contributed by atoms with Crippen molar-refractivity contribution in [3.05, 3.63) is 46.1 Å². The van der Waals surface area contributed by atoms with Crippen LogP contribution >= 0.6 is 23.2 Å². The van der Waals surface area contributed by atoms with Crippen LogP contribution in [-0.4, -0.2) is 23.7 Å². The lowest BCUT2D eigenvalue weighted by atomic mass is 10.0. The fourth-order valence-corrected chi connectivity index (χ4v) is 2.76. The number of anilines is 1. The summed E-state index contributed by atoms with van der Waals surface area (Å²) in [4.78, 5) is 23.5. The third kappa shape index (κ3) is 4.62. The van der Waals surface area contributed by atoms with E-state index in [4.69, 9.17) is 44.8 Å². The average molecular weight is 425 g/mol. The van der Waals surface area contributed by atoms with Gasteiger partial charge in [-0.05, 0) is 18.1 Å². The molecule has 0 saturated carbocycles. The Labute approximate surface area is 171 Å². The van der Waals surface area contributed by atoms with Gasteiger partial charge >= 0.3 is 6.03 Å². The van der Waals surface area contributed by atoms with Crippen molar-refractivity contribution in [2.24, 2.45) is 22.5 Å². The number of nitrogens with two attached hydrogens (primary N) is 2. The standard InChI is InChI=1S/C17H18Cl2N6O3/c1-7(2)10(16(22)26)6-13(20)28-14-11(18)4-9(5-12(14)19)25-17(27)23-8(3)15(21)24-25/h4-7,20H,3H2,1-2H3,(H2,21,24)(H2,22,26)(H,23,27)/b10-6-,20-13?. The van der Waals surface area contributed by atoms with Gasteiger partial charge in [0.25, 0.3) is 0 Å². The largest absolute Gasteiger partial charge is 0.436 e. The van der Waals surface area contributed by atoms with Gasteiger partial charge in [-0.1, -0.05) is 43.6 Å². The topological polar surface area (TPSA) is 147 Å². The minimum Gasteiger partial charge on any atom is -0.436 e. The third-order valence-corrected chi connectivity index (χ3v) is 4.16. The van der Waals surface area contributed by atoms with E-state index in [1.165, 1.54) is 18.2 Å². The van der Waals surface area contributed by atoms with Crippen LogP contribution < -0.4 is 26.5 Å². The molecule has 0 spiro atoms. The Balaban J connectivity index is 2.33. The van der Waals surface area contributed by atoms with Crippen LogP contribution in [0.25, 0.3) is 0 Å². The van der Waals surface area contributed by atoms with Gasteiger partial charge < -0.3 is 21.5 Å². The number of nitrogens with zero attached hydrogens (tertiary/aromatic N) is 2. The van der Waals surface area contributed by atoms with Gasteiger partial charge in [-0.25, -0.2) is 4.79 Å². The van der Waals surface area contributed by atoms with Gasteiger partial charge in [-0.15, -0.1) is 5.10 Å². The molecule has 28 heavy (non-hydrogen) atoms. The van der Waals surface area contributed by atoms with Gasteiger partial charge in [-0.2, -0.15) is 5.01 Å². The Morgan fingerprint density at radius 3 is 2.46 bits per heavy atom. The summed E-state index contributed by atoms with van der Waals surface area (Å²) in [6.45, 7) is 7.06. The van der Waals surface area contributed by atoms with Crippen LogP contribution in [0.1, 0.15) is 13.8 Å². The number of benzene rings is 1. The molecule has 0 atom stereocenters. The molecule has 0 bridgehead atoms. The van der Waals surface area contributed by atoms with Crippen molar-refractivity contribution in [2.45, 2.75) is 13.8 Å². The van der Waals surface area contributed by atoms with Crippen LogP contribution in [0.2, 0.25) is 10.0 Å². The van der Waals surface area contributed by atoms with Crippen LogP contribution in [0.3, 0.4) is 0 Å². The number of amidine groups is 1. The number of carbonyl (C=O) groups excluding carboxylic acids is 2. The lowest BCUT2D eigenvalue weighted by Gasteiger charge is -2.24. The summed E-state index contributed by atoms with van der Waals surface area (Å²) in [5.74, 6) is -1.26. The van der Waals surface area contributed by atoms with Gasteiger partial charge in [0.1, 0.15) is 0 Å². The molecule has 0 unspecified atom stereocenters. The van der Waals surface area contributed by atoms with E-state index in [1.807, 2.05) is 0 Å². The Hall–Kier alpha value is -3.04. The molecule has 0 radical (unpaired) electrons. The van der Waals surface area contributed by atoms with Crippen molar-refractivity contribution < 1.29 is 14.3 Å². The number of hydrazone groups is 1. The number of ether oxygens (including phenoxy) is 1. The van der Waals surface area contributed by atoms with Crippen molar-refractivity contribution in [3.8, 4) is 5.75 Å². The van der Waals surface area contributed by atoms with E-state index in [0.717, 1.165) is 5.01 Å². The summed E-state index contributed by atoms with van der Waals surface area (Å²) in [5.41, 5.74) is 11.6. The molecule has 2 rings (SSSR count). The van der Waals surface area contributed by atoms with Crippen LogP contribution in [0.15, 0.2) is 41.2 Å². The zero-order valence-electron chi connectivity index (χ0n) is 15.0. The molecular weight excluding hydrogens is 407 g/mol. The maximum Gasteiger partial charge on any atom is 0.347 e. The molecule has 1 aromatic rings. The van der Waals surface area contributed by atoms with Crippen LogP contribution in [-0.2, 0) is 4.79 Å². The number of hydrogen-bond donors (Lipinski definition) is 4. The highest BCUT2D eigenvalue weighted by Gasteiger charge is 2.25. The first-order valence-corrected chi connectivity index (χ1v) is 8.68. The highest BCUT2D eigenvalue weighted by molar-refractivity contribution is 6.38. The molecule has 9 nitrogen and oxygen atoms in total. The summed E-state index contributed by atoms with van der Waals surface area (Å²) in [6.07, 6.45) is 1.20. The second-order valence-electron chi connectivity index (χ2n) is 6.03. The van der Waals surface area contributed by atoms with Crippen molar-refractivity contribution in [3.63, 3.8) is 0 Å². The van der Waals surface area contributed by atoms with Crippen LogP contribution in [0.4, 0.5) is 10.5 Å². The zero-order valence-corrected chi connectivity index (χ0v) is 16.6. The van der Waals surface area contributed by atoms with Crippen molar-refractivity contribution in [2.75, 3.05) is 5.01 Å². The smallest absolute Gasteiger partial charge is 0.347 e. The normalized spacial score (nSPS) is 14.7. The van der Waals surface area contributed by atoms with Crippen LogP contribution in [0, 0.1) is 11.3 Å². The average Bonchev–Trinajstić information content (AvgIpc) is 2.58. The first-order valence-electron chi connectivity index (χ1n) is 7.92. The van der Waals surface area contributed by atoms with Gasteiger partial charge in [-0.3, -0.25) is 10.2 Å². The SMILES string of the molecule is C=C1NC(=O)N(c2cc(Cl)c(OC(=N)/C=C(\C(N)=O)C(C)C)c(Cl)c2)N=C1N. The molecule has 0 aliphatic carbocycles. The molecule has 6 N–H and O–H groups in total. The number of primary amides is 1. The quantitative estimate of drug-likeness (QED) is 0.326. The van der Waals surface area contributed by atoms with Gasteiger partial charge in [0.15, 0.2) is 11.6 Å². The number of carbonyl (C=O) groups is 2. The fourth-order valence-electron chi connectivity index (χ4n) is 2.20. The monoisotopic (exact) mass is 424 g/mol. The van der Waals surface area contributed by atoms with Gasteiger partial charge in [0.2, 0.25) is 11.8 Å². The second-order valence-corrected chi connectivity index (χ2v) is 6.84. The van der Waals surface area contributed by atoms with E-state index in [0.29, 0.717) is 0 Å². The van der Waals surface area contributed by atoms with E-state index >= 15 is 0 Å². The van der Waals surface area contributed by atoms with Crippen molar-refractivity contribution in [1.82, 2.24) is 5.32 Å². The molecule has 0 aromatic heterocycles. The van der Waals surface area contributed by atoms with E-state index in [1.54, 1.807) is 13.8 Å². The number of rotatable bonds is 5. The molecule has 3 amide bonds. The lowest BCUT2D eigenvalue weighted by molar-refractivity contribution is -0.115. The molecule has 11 heteroatoms. The third-order valence-electron chi connectivity index (χ3n) is 3.60. The van der Waals surface area contributed by atoms with Crippen molar-refractivity contribution >= 4 is 52.6 Å². The highest BCUT2D eigenvalue weighted by atomic mass is 35.5. The summed E-state index contributed by atoms with van der Waals surface area (Å²) in [6, 6.07) is 2.13. The van der Waals surface area contributed by atoms with Crippen molar-refractivity contribution in [1.29, 1.82) is 5.41 Å². The Kier molecular flexibility index (Phi) is 6.32. The zero-order chi connectivity index (χ0) is 21.2. The van der Waals surface area contributed by atoms with Crippen LogP contribution in [0.5, 0.6) is 5.75 Å². The maximum atomic E-state index is 12.1. The Morgan fingerprint density at radius 1 is 1.39 bits per heavy atom. The maximum absolute atomic E-state index is 12.1. The Morgan fingerprint density at radius 2 is 1.96 bits per heavy atom. The first-order chi connectivity index (χ1) is 13.0. The lowest BCUT2D eigenvalue weighted by Crippen LogP contribution is -2.45. The summed E-state index contributed by atoms with van der Waals surface area (Å²) in [5, 5.41) is 15.3. The molecule has 148 valence electrons. The second kappa shape index (κ2) is 8.32. The van der Waals surface area contributed by atoms with E-state index in [9.17, 15) is 9.59 Å².